The predicted molar refractivity (Wildman–Crippen MR) is 98.6 cm³/mol. The molecule has 2 rings (SSSR count). The van der Waals surface area contributed by atoms with Crippen LogP contribution < -0.4 is 15.8 Å². The van der Waals surface area contributed by atoms with Gasteiger partial charge in [0.05, 0.1) is 25.7 Å². The highest BCUT2D eigenvalue weighted by Gasteiger charge is 2.25. The van der Waals surface area contributed by atoms with Crippen molar-refractivity contribution in [2.75, 3.05) is 40.4 Å². The quantitative estimate of drug-likeness (QED) is 0.710. The number of nitrogens with zero attached hydrogens (tertiary/aromatic N) is 1. The van der Waals surface area contributed by atoms with E-state index in [4.69, 9.17) is 15.2 Å². The van der Waals surface area contributed by atoms with Crippen LogP contribution in [0.4, 0.5) is 0 Å². The summed E-state index contributed by atoms with van der Waals surface area (Å²) in [4.78, 5) is 14.7. The van der Waals surface area contributed by atoms with Gasteiger partial charge in [-0.25, -0.2) is 0 Å². The molecule has 1 saturated heterocycles. The van der Waals surface area contributed by atoms with Gasteiger partial charge in [0.1, 0.15) is 5.75 Å². The number of hydrogen-bond donors (Lipinski definition) is 2. The third-order valence-corrected chi connectivity index (χ3v) is 4.83. The van der Waals surface area contributed by atoms with E-state index in [2.05, 4.69) is 16.3 Å². The Labute approximate surface area is 150 Å². The minimum atomic E-state index is -0.236. The van der Waals surface area contributed by atoms with Crippen LogP contribution in [0.5, 0.6) is 5.75 Å². The number of piperidine rings is 1. The molecule has 1 aromatic carbocycles. The van der Waals surface area contributed by atoms with Crippen LogP contribution in [-0.4, -0.2) is 57.3 Å². The first-order valence-electron chi connectivity index (χ1n) is 9.06. The maximum Gasteiger partial charge on any atom is 0.222 e. The molecular formula is C19H31N3O3. The van der Waals surface area contributed by atoms with Crippen LogP contribution in [0.1, 0.15) is 37.3 Å². The summed E-state index contributed by atoms with van der Waals surface area (Å²) in [6, 6.07) is 8.16. The Morgan fingerprint density at radius 2 is 1.96 bits per heavy atom. The minimum absolute atomic E-state index is 0.0331. The molecule has 0 aromatic heterocycles. The van der Waals surface area contributed by atoms with Crippen molar-refractivity contribution in [3.63, 3.8) is 0 Å². The summed E-state index contributed by atoms with van der Waals surface area (Å²) >= 11 is 0. The molecule has 0 bridgehead atoms. The largest absolute Gasteiger partial charge is 0.496 e. The Morgan fingerprint density at radius 1 is 1.24 bits per heavy atom. The Kier molecular flexibility index (Phi) is 8.18. The standard InChI is InChI=1S/C19H31N3O3/c1-24-15(13-20)12-19(23)21-14-17(22-10-6-3-7-11-22)16-8-4-5-9-18(16)25-2/h4-5,8-9,15,17H,3,6-7,10-14,20H2,1-2H3,(H,21,23). The van der Waals surface area contributed by atoms with E-state index < -0.39 is 0 Å². The number of ether oxygens (including phenoxy) is 2. The highest BCUT2D eigenvalue weighted by molar-refractivity contribution is 5.76. The Hall–Kier alpha value is -1.63. The van der Waals surface area contributed by atoms with Crippen molar-refractivity contribution in [2.45, 2.75) is 37.8 Å². The molecule has 2 atom stereocenters. The Morgan fingerprint density at radius 3 is 2.60 bits per heavy atom. The summed E-state index contributed by atoms with van der Waals surface area (Å²) in [6.45, 7) is 2.98. The van der Waals surface area contributed by atoms with E-state index in [1.54, 1.807) is 14.2 Å². The van der Waals surface area contributed by atoms with Crippen LogP contribution in [-0.2, 0) is 9.53 Å². The minimum Gasteiger partial charge on any atom is -0.496 e. The number of para-hydroxylation sites is 1. The lowest BCUT2D eigenvalue weighted by Gasteiger charge is -2.35. The second kappa shape index (κ2) is 10.4. The molecule has 3 N–H and O–H groups in total. The monoisotopic (exact) mass is 349 g/mol. The summed E-state index contributed by atoms with van der Waals surface area (Å²) in [5, 5.41) is 3.06. The molecule has 0 saturated carbocycles. The number of nitrogens with two attached hydrogens (primary N) is 1. The lowest BCUT2D eigenvalue weighted by Crippen LogP contribution is -2.41. The number of carbonyl (C=O) groups excluding carboxylic acids is 1. The zero-order valence-corrected chi connectivity index (χ0v) is 15.4. The van der Waals surface area contributed by atoms with Crippen molar-refractivity contribution in [1.82, 2.24) is 10.2 Å². The van der Waals surface area contributed by atoms with Crippen molar-refractivity contribution in [2.24, 2.45) is 5.73 Å². The first-order chi connectivity index (χ1) is 12.2. The molecule has 6 nitrogen and oxygen atoms in total. The zero-order valence-electron chi connectivity index (χ0n) is 15.4. The van der Waals surface area contributed by atoms with Gasteiger partial charge in [-0.05, 0) is 32.0 Å². The second-order valence-corrected chi connectivity index (χ2v) is 6.46. The molecular weight excluding hydrogens is 318 g/mol. The van der Waals surface area contributed by atoms with E-state index in [0.29, 0.717) is 13.1 Å². The SMILES string of the molecule is COc1ccccc1C(CNC(=O)CC(CN)OC)N1CCCCC1. The normalized spacial score (nSPS) is 17.7. The summed E-state index contributed by atoms with van der Waals surface area (Å²) in [7, 11) is 3.27. The number of rotatable bonds is 9. The summed E-state index contributed by atoms with van der Waals surface area (Å²) in [6.07, 6.45) is 3.70. The fraction of sp³-hybridized carbons (Fsp3) is 0.632. The Bertz CT molecular complexity index is 528. The lowest BCUT2D eigenvalue weighted by atomic mass is 10.0. The number of nitrogens with one attached hydrogen (secondary N) is 1. The molecule has 1 aliphatic rings. The predicted octanol–water partition coefficient (Wildman–Crippen LogP) is 1.70. The van der Waals surface area contributed by atoms with Crippen molar-refractivity contribution in [3.8, 4) is 5.75 Å². The lowest BCUT2D eigenvalue weighted by molar-refractivity contribution is -0.123. The van der Waals surface area contributed by atoms with E-state index in [0.717, 1.165) is 24.4 Å². The number of benzene rings is 1. The van der Waals surface area contributed by atoms with Crippen molar-refractivity contribution >= 4 is 5.91 Å². The summed E-state index contributed by atoms with van der Waals surface area (Å²) < 4.78 is 10.7. The van der Waals surface area contributed by atoms with E-state index in [-0.39, 0.29) is 24.5 Å². The Balaban J connectivity index is 2.08. The van der Waals surface area contributed by atoms with Gasteiger partial charge in [0.15, 0.2) is 0 Å². The molecule has 1 aliphatic heterocycles. The fourth-order valence-corrected chi connectivity index (χ4v) is 3.36. The van der Waals surface area contributed by atoms with E-state index in [1.165, 1.54) is 19.3 Å². The van der Waals surface area contributed by atoms with Gasteiger partial charge in [0.25, 0.3) is 0 Å². The number of amides is 1. The third-order valence-electron chi connectivity index (χ3n) is 4.83. The molecule has 0 spiro atoms. The average molecular weight is 349 g/mol. The average Bonchev–Trinajstić information content (AvgIpc) is 2.67. The molecule has 1 aromatic rings. The van der Waals surface area contributed by atoms with Gasteiger partial charge in [-0.15, -0.1) is 0 Å². The third kappa shape index (κ3) is 5.70. The van der Waals surface area contributed by atoms with E-state index >= 15 is 0 Å². The van der Waals surface area contributed by atoms with Crippen LogP contribution in [0.2, 0.25) is 0 Å². The number of methoxy groups -OCH3 is 2. The number of likely N-dealkylation sites (tertiary alicyclic amines) is 1. The van der Waals surface area contributed by atoms with E-state index in [1.807, 2.05) is 18.2 Å². The van der Waals surface area contributed by atoms with Crippen LogP contribution in [0.15, 0.2) is 24.3 Å². The molecule has 2 unspecified atom stereocenters. The van der Waals surface area contributed by atoms with Crippen LogP contribution >= 0.6 is 0 Å². The molecule has 1 amide bonds. The number of carbonyl (C=O) groups is 1. The van der Waals surface area contributed by atoms with Crippen LogP contribution in [0, 0.1) is 0 Å². The highest BCUT2D eigenvalue weighted by Crippen LogP contribution is 2.30. The number of hydrogen-bond acceptors (Lipinski definition) is 5. The van der Waals surface area contributed by atoms with E-state index in [9.17, 15) is 4.79 Å². The molecule has 0 aliphatic carbocycles. The van der Waals surface area contributed by atoms with Crippen molar-refractivity contribution in [1.29, 1.82) is 0 Å². The molecule has 1 heterocycles. The van der Waals surface area contributed by atoms with Gasteiger partial charge in [-0.1, -0.05) is 24.6 Å². The summed E-state index contributed by atoms with van der Waals surface area (Å²) in [5.74, 6) is 0.832. The van der Waals surface area contributed by atoms with Gasteiger partial charge in [0.2, 0.25) is 5.91 Å². The van der Waals surface area contributed by atoms with Crippen molar-refractivity contribution < 1.29 is 14.3 Å². The second-order valence-electron chi connectivity index (χ2n) is 6.46. The van der Waals surface area contributed by atoms with Gasteiger partial charge in [-0.2, -0.15) is 0 Å². The van der Waals surface area contributed by atoms with Gasteiger partial charge in [0, 0.05) is 25.8 Å². The molecule has 25 heavy (non-hydrogen) atoms. The van der Waals surface area contributed by atoms with Gasteiger partial charge >= 0.3 is 0 Å². The topological polar surface area (TPSA) is 76.8 Å². The fourth-order valence-electron chi connectivity index (χ4n) is 3.36. The van der Waals surface area contributed by atoms with Gasteiger partial charge < -0.3 is 20.5 Å². The molecule has 1 fully saturated rings. The highest BCUT2D eigenvalue weighted by atomic mass is 16.5. The smallest absolute Gasteiger partial charge is 0.222 e. The first kappa shape index (κ1) is 19.7. The summed E-state index contributed by atoms with van der Waals surface area (Å²) in [5.41, 5.74) is 6.72. The zero-order chi connectivity index (χ0) is 18.1. The van der Waals surface area contributed by atoms with Crippen molar-refractivity contribution in [3.05, 3.63) is 29.8 Å². The van der Waals surface area contributed by atoms with Crippen LogP contribution in [0.25, 0.3) is 0 Å². The maximum absolute atomic E-state index is 12.2. The van der Waals surface area contributed by atoms with Crippen LogP contribution in [0.3, 0.4) is 0 Å². The van der Waals surface area contributed by atoms with Gasteiger partial charge in [-0.3, -0.25) is 9.69 Å². The first-order valence-corrected chi connectivity index (χ1v) is 9.06. The molecule has 0 radical (unpaired) electrons. The molecule has 140 valence electrons. The maximum atomic E-state index is 12.2. The molecule has 6 heteroatoms.